The highest BCUT2D eigenvalue weighted by atomic mass is 16.4. The Kier molecular flexibility index (Phi) is 5.01. The van der Waals surface area contributed by atoms with E-state index in [0.29, 0.717) is 12.3 Å². The van der Waals surface area contributed by atoms with Crippen molar-refractivity contribution < 1.29 is 9.21 Å². The molecule has 0 bridgehead atoms. The van der Waals surface area contributed by atoms with Crippen LogP contribution in [0.15, 0.2) is 59.0 Å². The molecule has 0 unspecified atom stereocenters. The second kappa shape index (κ2) is 7.55. The van der Waals surface area contributed by atoms with Gasteiger partial charge in [-0.2, -0.15) is 0 Å². The largest absolute Gasteiger partial charge is 0.407 e. The Bertz CT molecular complexity index is 795. The molecule has 1 heterocycles. The van der Waals surface area contributed by atoms with Gasteiger partial charge in [-0.15, -0.1) is 5.10 Å². The number of hydrogen-bond donors (Lipinski definition) is 1. The lowest BCUT2D eigenvalue weighted by Gasteiger charge is -2.02. The minimum absolute atomic E-state index is 0.135. The van der Waals surface area contributed by atoms with Crippen LogP contribution in [0, 0.1) is 0 Å². The zero-order valence-electron chi connectivity index (χ0n) is 13.5. The fraction of sp³-hybridized carbons (Fsp3) is 0.211. The summed E-state index contributed by atoms with van der Waals surface area (Å²) in [5.74, 6) is 0.304. The summed E-state index contributed by atoms with van der Waals surface area (Å²) in [5.41, 5.74) is 3.28. The molecule has 0 atom stereocenters. The minimum Gasteiger partial charge on any atom is -0.407 e. The van der Waals surface area contributed by atoms with Crippen molar-refractivity contribution in [3.63, 3.8) is 0 Å². The van der Waals surface area contributed by atoms with Crippen molar-refractivity contribution in [3.8, 4) is 0 Å². The summed E-state index contributed by atoms with van der Waals surface area (Å²) in [5, 5.41) is 10.5. The van der Waals surface area contributed by atoms with Gasteiger partial charge in [-0.1, -0.05) is 66.6 Å². The quantitative estimate of drug-likeness (QED) is 0.755. The third kappa shape index (κ3) is 4.29. The van der Waals surface area contributed by atoms with Gasteiger partial charge in [0, 0.05) is 0 Å². The number of nitrogens with zero attached hydrogens (tertiary/aromatic N) is 2. The molecular formula is C19H19N3O2. The number of aryl methyl sites for hydroxylation is 1. The molecule has 0 spiro atoms. The number of carbonyl (C=O) groups is 1. The molecule has 0 radical (unpaired) electrons. The third-order valence-electron chi connectivity index (χ3n) is 3.71. The van der Waals surface area contributed by atoms with Crippen molar-refractivity contribution in [1.29, 1.82) is 0 Å². The molecule has 0 aliphatic heterocycles. The van der Waals surface area contributed by atoms with Crippen LogP contribution in [0.2, 0.25) is 0 Å². The first-order valence-corrected chi connectivity index (χ1v) is 7.97. The Morgan fingerprint density at radius 1 is 0.958 bits per heavy atom. The first-order valence-electron chi connectivity index (χ1n) is 7.97. The summed E-state index contributed by atoms with van der Waals surface area (Å²) in [6.45, 7) is 2.10. The van der Waals surface area contributed by atoms with Gasteiger partial charge in [0.05, 0.1) is 12.8 Å². The highest BCUT2D eigenvalue weighted by Crippen LogP contribution is 2.12. The molecule has 5 heteroatoms. The summed E-state index contributed by atoms with van der Waals surface area (Å²) in [7, 11) is 0. The summed E-state index contributed by atoms with van der Waals surface area (Å²) < 4.78 is 5.48. The first kappa shape index (κ1) is 15.9. The number of anilines is 1. The van der Waals surface area contributed by atoms with E-state index in [2.05, 4.69) is 22.4 Å². The standard InChI is InChI=1S/C19H19N3O2/c1-2-14-8-10-16(11-9-14)12-17(23)20-19-22-21-18(24-19)13-15-6-4-3-5-7-15/h3-11H,2,12-13H2,1H3,(H,20,22,23). The van der Waals surface area contributed by atoms with E-state index >= 15 is 0 Å². The average molecular weight is 321 g/mol. The lowest BCUT2D eigenvalue weighted by atomic mass is 10.1. The zero-order valence-corrected chi connectivity index (χ0v) is 13.5. The van der Waals surface area contributed by atoms with E-state index in [9.17, 15) is 4.79 Å². The van der Waals surface area contributed by atoms with Crippen LogP contribution in [0.3, 0.4) is 0 Å². The van der Waals surface area contributed by atoms with Gasteiger partial charge in [-0.3, -0.25) is 10.1 Å². The molecule has 0 saturated carbocycles. The SMILES string of the molecule is CCc1ccc(CC(=O)Nc2nnc(Cc3ccccc3)o2)cc1. The Balaban J connectivity index is 1.56. The van der Waals surface area contributed by atoms with Gasteiger partial charge in [-0.25, -0.2) is 0 Å². The van der Waals surface area contributed by atoms with Crippen LogP contribution in [0.25, 0.3) is 0 Å². The molecule has 3 rings (SSSR count). The van der Waals surface area contributed by atoms with Crippen molar-refractivity contribution in [2.45, 2.75) is 26.2 Å². The summed E-state index contributed by atoms with van der Waals surface area (Å²) in [6, 6.07) is 18.0. The maximum Gasteiger partial charge on any atom is 0.322 e. The molecule has 5 nitrogen and oxygen atoms in total. The van der Waals surface area contributed by atoms with Gasteiger partial charge < -0.3 is 4.42 Å². The Morgan fingerprint density at radius 3 is 2.38 bits per heavy atom. The highest BCUT2D eigenvalue weighted by molar-refractivity contribution is 5.90. The average Bonchev–Trinajstić information content (AvgIpc) is 3.03. The predicted molar refractivity (Wildman–Crippen MR) is 91.7 cm³/mol. The van der Waals surface area contributed by atoms with Crippen LogP contribution in [-0.4, -0.2) is 16.1 Å². The summed E-state index contributed by atoms with van der Waals surface area (Å²) >= 11 is 0. The van der Waals surface area contributed by atoms with Crippen LogP contribution < -0.4 is 5.32 Å². The lowest BCUT2D eigenvalue weighted by molar-refractivity contribution is -0.115. The van der Waals surface area contributed by atoms with Crippen molar-refractivity contribution in [3.05, 3.63) is 77.2 Å². The number of aromatic nitrogens is 2. The summed E-state index contributed by atoms with van der Waals surface area (Å²) in [4.78, 5) is 12.1. The number of amides is 1. The van der Waals surface area contributed by atoms with Crippen LogP contribution in [0.1, 0.15) is 29.5 Å². The molecule has 1 amide bonds. The Labute approximate surface area is 140 Å². The van der Waals surface area contributed by atoms with E-state index in [-0.39, 0.29) is 18.3 Å². The second-order valence-corrected chi connectivity index (χ2v) is 5.56. The van der Waals surface area contributed by atoms with E-state index in [1.807, 2.05) is 54.6 Å². The number of nitrogens with one attached hydrogen (secondary N) is 1. The Morgan fingerprint density at radius 2 is 1.67 bits per heavy atom. The highest BCUT2D eigenvalue weighted by Gasteiger charge is 2.11. The molecule has 0 fully saturated rings. The maximum atomic E-state index is 12.1. The van der Waals surface area contributed by atoms with Gasteiger partial charge in [0.1, 0.15) is 0 Å². The van der Waals surface area contributed by atoms with E-state index in [1.54, 1.807) is 0 Å². The summed E-state index contributed by atoms with van der Waals surface area (Å²) in [6.07, 6.45) is 1.81. The van der Waals surface area contributed by atoms with Crippen molar-refractivity contribution in [2.24, 2.45) is 0 Å². The monoisotopic (exact) mass is 321 g/mol. The number of hydrogen-bond acceptors (Lipinski definition) is 4. The first-order chi connectivity index (χ1) is 11.7. The van der Waals surface area contributed by atoms with E-state index in [0.717, 1.165) is 17.5 Å². The number of benzene rings is 2. The van der Waals surface area contributed by atoms with Crippen LogP contribution >= 0.6 is 0 Å². The molecule has 0 saturated heterocycles. The van der Waals surface area contributed by atoms with Crippen molar-refractivity contribution >= 4 is 11.9 Å². The van der Waals surface area contributed by atoms with Crippen LogP contribution in [-0.2, 0) is 24.1 Å². The third-order valence-corrected chi connectivity index (χ3v) is 3.71. The zero-order chi connectivity index (χ0) is 16.8. The van der Waals surface area contributed by atoms with Gasteiger partial charge in [0.25, 0.3) is 0 Å². The minimum atomic E-state index is -0.172. The van der Waals surface area contributed by atoms with Gasteiger partial charge >= 0.3 is 6.01 Å². The molecule has 122 valence electrons. The predicted octanol–water partition coefficient (Wildman–Crippen LogP) is 3.40. The fourth-order valence-electron chi connectivity index (χ4n) is 2.39. The van der Waals surface area contributed by atoms with Crippen LogP contribution in [0.4, 0.5) is 6.01 Å². The molecule has 2 aromatic carbocycles. The molecule has 24 heavy (non-hydrogen) atoms. The lowest BCUT2D eigenvalue weighted by Crippen LogP contribution is -2.14. The molecular weight excluding hydrogens is 302 g/mol. The maximum absolute atomic E-state index is 12.1. The molecule has 3 aromatic rings. The van der Waals surface area contributed by atoms with Crippen LogP contribution in [0.5, 0.6) is 0 Å². The number of carbonyl (C=O) groups excluding carboxylic acids is 1. The number of rotatable bonds is 6. The van der Waals surface area contributed by atoms with E-state index in [4.69, 9.17) is 4.42 Å². The van der Waals surface area contributed by atoms with Crippen molar-refractivity contribution in [1.82, 2.24) is 10.2 Å². The molecule has 0 aliphatic rings. The smallest absolute Gasteiger partial charge is 0.322 e. The van der Waals surface area contributed by atoms with Crippen molar-refractivity contribution in [2.75, 3.05) is 5.32 Å². The van der Waals surface area contributed by atoms with Gasteiger partial charge in [0.2, 0.25) is 11.8 Å². The molecule has 1 N–H and O–H groups in total. The second-order valence-electron chi connectivity index (χ2n) is 5.56. The molecule has 1 aromatic heterocycles. The van der Waals surface area contributed by atoms with Gasteiger partial charge in [-0.05, 0) is 23.1 Å². The Hall–Kier alpha value is -2.95. The topological polar surface area (TPSA) is 68.0 Å². The molecule has 0 aliphatic carbocycles. The van der Waals surface area contributed by atoms with E-state index < -0.39 is 0 Å². The normalized spacial score (nSPS) is 10.5. The van der Waals surface area contributed by atoms with Gasteiger partial charge in [0.15, 0.2) is 0 Å². The van der Waals surface area contributed by atoms with E-state index in [1.165, 1.54) is 5.56 Å². The fourth-order valence-corrected chi connectivity index (χ4v) is 2.39.